The molecule has 1 aromatic carbocycles. The van der Waals surface area contributed by atoms with Crippen molar-refractivity contribution in [2.24, 2.45) is 5.92 Å². The van der Waals surface area contributed by atoms with Crippen LogP contribution in [0.3, 0.4) is 0 Å². The molecule has 2 rings (SSSR count). The van der Waals surface area contributed by atoms with Gasteiger partial charge in [-0.15, -0.1) is 10.2 Å². The fourth-order valence-electron chi connectivity index (χ4n) is 1.60. The number of nitrogens with zero attached hydrogens (tertiary/aromatic N) is 2. The normalized spacial score (nSPS) is 12.4. The Morgan fingerprint density at radius 1 is 1.32 bits per heavy atom. The van der Waals surface area contributed by atoms with E-state index in [-0.39, 0.29) is 17.7 Å². The lowest BCUT2D eigenvalue weighted by Crippen LogP contribution is -2.37. The van der Waals surface area contributed by atoms with Crippen LogP contribution in [0, 0.1) is 5.92 Å². The summed E-state index contributed by atoms with van der Waals surface area (Å²) >= 11 is 4.68. The van der Waals surface area contributed by atoms with E-state index in [1.807, 2.05) is 31.2 Å². The van der Waals surface area contributed by atoms with Gasteiger partial charge in [-0.2, -0.15) is 0 Å². The van der Waals surface area contributed by atoms with Crippen LogP contribution in [0.15, 0.2) is 38.4 Å². The third-order valence-electron chi connectivity index (χ3n) is 3.23. The third-order valence-corrected chi connectivity index (χ3v) is 4.74. The zero-order valence-corrected chi connectivity index (χ0v) is 15.1. The van der Waals surface area contributed by atoms with Crippen molar-refractivity contribution in [2.45, 2.75) is 32.0 Å². The molecule has 5 nitrogen and oxygen atoms in total. The highest BCUT2D eigenvalue weighted by Crippen LogP contribution is 2.28. The zero-order valence-electron chi connectivity index (χ0n) is 12.7. The van der Waals surface area contributed by atoms with Crippen LogP contribution in [-0.2, 0) is 4.79 Å². The van der Waals surface area contributed by atoms with Gasteiger partial charge in [-0.1, -0.05) is 37.7 Å². The quantitative estimate of drug-likeness (QED) is 0.769. The Hall–Kier alpha value is -1.34. The summed E-state index contributed by atoms with van der Waals surface area (Å²) in [7, 11) is 0. The van der Waals surface area contributed by atoms with Gasteiger partial charge in [-0.25, -0.2) is 0 Å². The predicted octanol–water partition coefficient (Wildman–Crippen LogP) is 3.75. The number of aromatic nitrogens is 2. The molecule has 2 aromatic rings. The van der Waals surface area contributed by atoms with Gasteiger partial charge in [0.25, 0.3) is 5.22 Å². The average Bonchev–Trinajstić information content (AvgIpc) is 2.94. The lowest BCUT2D eigenvalue weighted by molar-refractivity contribution is -0.119. The number of thioether (sulfide) groups is 1. The SMILES string of the molecule is CC(C)[C@@H](C)NC(=O)CSc1nnc(-c2ccccc2Br)o1. The number of nitrogens with one attached hydrogen (secondary N) is 1. The highest BCUT2D eigenvalue weighted by molar-refractivity contribution is 9.10. The summed E-state index contributed by atoms with van der Waals surface area (Å²) in [4.78, 5) is 11.8. The second-order valence-electron chi connectivity index (χ2n) is 5.24. The van der Waals surface area contributed by atoms with E-state index in [0.29, 0.717) is 17.0 Å². The molecule has 0 fully saturated rings. The van der Waals surface area contributed by atoms with E-state index in [0.717, 1.165) is 10.0 Å². The van der Waals surface area contributed by atoms with Crippen LogP contribution >= 0.6 is 27.7 Å². The summed E-state index contributed by atoms with van der Waals surface area (Å²) in [5, 5.41) is 11.3. The van der Waals surface area contributed by atoms with E-state index in [2.05, 4.69) is 45.3 Å². The van der Waals surface area contributed by atoms with Gasteiger partial charge in [-0.05, 0) is 40.9 Å². The minimum Gasteiger partial charge on any atom is -0.411 e. The summed E-state index contributed by atoms with van der Waals surface area (Å²) in [6, 6.07) is 7.76. The van der Waals surface area contributed by atoms with E-state index in [1.165, 1.54) is 11.8 Å². The van der Waals surface area contributed by atoms with Gasteiger partial charge >= 0.3 is 0 Å². The molecule has 0 unspecified atom stereocenters. The number of halogens is 1. The van der Waals surface area contributed by atoms with Crippen molar-refractivity contribution in [3.8, 4) is 11.5 Å². The van der Waals surface area contributed by atoms with Crippen LogP contribution in [0.5, 0.6) is 0 Å². The summed E-state index contributed by atoms with van der Waals surface area (Å²) < 4.78 is 6.47. The fourth-order valence-corrected chi connectivity index (χ4v) is 2.63. The van der Waals surface area contributed by atoms with E-state index in [4.69, 9.17) is 4.42 Å². The smallest absolute Gasteiger partial charge is 0.277 e. The predicted molar refractivity (Wildman–Crippen MR) is 90.6 cm³/mol. The minimum absolute atomic E-state index is 0.0353. The number of rotatable bonds is 6. The van der Waals surface area contributed by atoms with Gasteiger partial charge in [0.2, 0.25) is 11.8 Å². The van der Waals surface area contributed by atoms with Gasteiger partial charge in [0.15, 0.2) is 0 Å². The largest absolute Gasteiger partial charge is 0.411 e. The van der Waals surface area contributed by atoms with Crippen LogP contribution in [0.4, 0.5) is 0 Å². The molecule has 1 amide bonds. The molecule has 118 valence electrons. The first kappa shape index (κ1) is 17.0. The molecule has 22 heavy (non-hydrogen) atoms. The molecule has 7 heteroatoms. The maximum atomic E-state index is 11.8. The third kappa shape index (κ3) is 4.58. The standard InChI is InChI=1S/C15H18BrN3O2S/c1-9(2)10(3)17-13(20)8-22-15-19-18-14(21-15)11-6-4-5-7-12(11)16/h4-7,9-10H,8H2,1-3H3,(H,17,20)/t10-/m1/s1. The maximum absolute atomic E-state index is 11.8. The molecule has 0 aliphatic carbocycles. The zero-order chi connectivity index (χ0) is 16.1. The molecular formula is C15H18BrN3O2S. The van der Waals surface area contributed by atoms with Crippen LogP contribution in [0.2, 0.25) is 0 Å². The highest BCUT2D eigenvalue weighted by atomic mass is 79.9. The minimum atomic E-state index is -0.0353. The lowest BCUT2D eigenvalue weighted by Gasteiger charge is -2.16. The van der Waals surface area contributed by atoms with Crippen molar-refractivity contribution >= 4 is 33.6 Å². The van der Waals surface area contributed by atoms with Gasteiger partial charge in [0.05, 0.1) is 11.3 Å². The first-order valence-corrected chi connectivity index (χ1v) is 8.75. The Bertz CT molecular complexity index is 645. The molecule has 1 heterocycles. The topological polar surface area (TPSA) is 68.0 Å². The number of hydrogen-bond acceptors (Lipinski definition) is 5. The van der Waals surface area contributed by atoms with Crippen LogP contribution in [-0.4, -0.2) is 27.9 Å². The molecule has 0 bridgehead atoms. The van der Waals surface area contributed by atoms with Crippen molar-refractivity contribution in [3.63, 3.8) is 0 Å². The number of hydrogen-bond donors (Lipinski definition) is 1. The molecule has 1 atom stereocenters. The van der Waals surface area contributed by atoms with Crippen molar-refractivity contribution in [1.29, 1.82) is 0 Å². The van der Waals surface area contributed by atoms with Crippen LogP contribution in [0.1, 0.15) is 20.8 Å². The molecular weight excluding hydrogens is 366 g/mol. The Labute approximate surface area is 142 Å². The van der Waals surface area contributed by atoms with Gasteiger partial charge in [-0.3, -0.25) is 4.79 Å². The Kier molecular flexibility index (Phi) is 6.02. The van der Waals surface area contributed by atoms with E-state index in [9.17, 15) is 4.79 Å². The molecule has 0 saturated heterocycles. The van der Waals surface area contributed by atoms with Gasteiger partial charge in [0.1, 0.15) is 0 Å². The monoisotopic (exact) mass is 383 g/mol. The number of benzene rings is 1. The first-order chi connectivity index (χ1) is 10.5. The highest BCUT2D eigenvalue weighted by Gasteiger charge is 2.15. The summed E-state index contributed by atoms with van der Waals surface area (Å²) in [5.41, 5.74) is 0.833. The Morgan fingerprint density at radius 2 is 2.05 bits per heavy atom. The van der Waals surface area contributed by atoms with Crippen molar-refractivity contribution in [2.75, 3.05) is 5.75 Å². The van der Waals surface area contributed by atoms with Gasteiger partial charge < -0.3 is 9.73 Å². The number of carbonyl (C=O) groups is 1. The fraction of sp³-hybridized carbons (Fsp3) is 0.400. The second kappa shape index (κ2) is 7.78. The van der Waals surface area contributed by atoms with Crippen LogP contribution in [0.25, 0.3) is 11.5 Å². The summed E-state index contributed by atoms with van der Waals surface area (Å²) in [5.74, 6) is 1.06. The van der Waals surface area contributed by atoms with E-state index < -0.39 is 0 Å². The summed E-state index contributed by atoms with van der Waals surface area (Å²) in [6.07, 6.45) is 0. The molecule has 0 radical (unpaired) electrons. The van der Waals surface area contributed by atoms with Crippen LogP contribution < -0.4 is 5.32 Å². The van der Waals surface area contributed by atoms with E-state index in [1.54, 1.807) is 0 Å². The molecule has 1 aromatic heterocycles. The average molecular weight is 384 g/mol. The van der Waals surface area contributed by atoms with E-state index >= 15 is 0 Å². The molecule has 0 spiro atoms. The molecule has 0 aliphatic heterocycles. The number of carbonyl (C=O) groups excluding carboxylic acids is 1. The first-order valence-electron chi connectivity index (χ1n) is 6.98. The molecule has 1 N–H and O–H groups in total. The lowest BCUT2D eigenvalue weighted by atomic mass is 10.1. The second-order valence-corrected chi connectivity index (χ2v) is 7.02. The Balaban J connectivity index is 1.93. The maximum Gasteiger partial charge on any atom is 0.277 e. The Morgan fingerprint density at radius 3 is 2.73 bits per heavy atom. The van der Waals surface area contributed by atoms with Gasteiger partial charge in [0, 0.05) is 10.5 Å². The number of amides is 1. The van der Waals surface area contributed by atoms with Crippen molar-refractivity contribution in [3.05, 3.63) is 28.7 Å². The van der Waals surface area contributed by atoms with Crippen molar-refractivity contribution in [1.82, 2.24) is 15.5 Å². The molecule has 0 aliphatic rings. The summed E-state index contributed by atoms with van der Waals surface area (Å²) in [6.45, 7) is 6.13. The van der Waals surface area contributed by atoms with Crippen molar-refractivity contribution < 1.29 is 9.21 Å². The molecule has 0 saturated carbocycles.